The summed E-state index contributed by atoms with van der Waals surface area (Å²) in [6, 6.07) is 0. The molecule has 0 spiro atoms. The molecule has 0 aliphatic heterocycles. The average Bonchev–Trinajstić information content (AvgIpc) is 2.67. The molecule has 1 aliphatic carbocycles. The summed E-state index contributed by atoms with van der Waals surface area (Å²) in [5.41, 5.74) is 1.34. The van der Waals surface area contributed by atoms with Crippen LogP contribution in [0, 0.1) is 0 Å². The standard InChI is InChI=1S/C13H18N2O4S/c16-11(17)8-20-7-6-14-13(18)12-9-4-2-1-3-5-10(9)19-15-12/h1-8H2,(H,14,18)(H,16,17). The van der Waals surface area contributed by atoms with Crippen LogP contribution in [-0.4, -0.2) is 40.2 Å². The minimum Gasteiger partial charge on any atom is -0.481 e. The van der Waals surface area contributed by atoms with Crippen molar-refractivity contribution < 1.29 is 19.2 Å². The van der Waals surface area contributed by atoms with Crippen molar-refractivity contribution in [2.24, 2.45) is 0 Å². The average molecular weight is 298 g/mol. The topological polar surface area (TPSA) is 92.4 Å². The van der Waals surface area contributed by atoms with Crippen molar-refractivity contribution in [3.05, 3.63) is 17.0 Å². The lowest BCUT2D eigenvalue weighted by molar-refractivity contribution is -0.133. The molecule has 0 fully saturated rings. The number of aliphatic carboxylic acids is 1. The highest BCUT2D eigenvalue weighted by atomic mass is 32.2. The molecular weight excluding hydrogens is 280 g/mol. The van der Waals surface area contributed by atoms with Gasteiger partial charge < -0.3 is 14.9 Å². The fourth-order valence-corrected chi connectivity index (χ4v) is 2.79. The molecule has 7 heteroatoms. The number of carbonyl (C=O) groups is 2. The van der Waals surface area contributed by atoms with Gasteiger partial charge in [0.2, 0.25) is 0 Å². The van der Waals surface area contributed by atoms with Crippen molar-refractivity contribution in [2.75, 3.05) is 18.1 Å². The first-order chi connectivity index (χ1) is 9.68. The second-order valence-corrected chi connectivity index (χ2v) is 5.80. The molecule has 0 bridgehead atoms. The molecule has 0 radical (unpaired) electrons. The Balaban J connectivity index is 1.83. The number of thioether (sulfide) groups is 1. The van der Waals surface area contributed by atoms with Gasteiger partial charge in [-0.1, -0.05) is 11.6 Å². The van der Waals surface area contributed by atoms with Gasteiger partial charge in [0.15, 0.2) is 5.69 Å². The Labute approximate surface area is 121 Å². The molecule has 0 saturated heterocycles. The number of nitrogens with zero attached hydrogens (tertiary/aromatic N) is 1. The summed E-state index contributed by atoms with van der Waals surface area (Å²) < 4.78 is 5.25. The Morgan fingerprint density at radius 1 is 1.30 bits per heavy atom. The van der Waals surface area contributed by atoms with Crippen molar-refractivity contribution in [1.82, 2.24) is 10.5 Å². The number of amides is 1. The Kier molecular flexibility index (Phi) is 5.46. The fraction of sp³-hybridized carbons (Fsp3) is 0.615. The summed E-state index contributed by atoms with van der Waals surface area (Å²) in [4.78, 5) is 22.4. The summed E-state index contributed by atoms with van der Waals surface area (Å²) in [6.45, 7) is 0.429. The van der Waals surface area contributed by atoms with E-state index in [1.807, 2.05) is 0 Å². The maximum atomic E-state index is 12.0. The second-order valence-electron chi connectivity index (χ2n) is 4.70. The van der Waals surface area contributed by atoms with Gasteiger partial charge in [0.25, 0.3) is 5.91 Å². The highest BCUT2D eigenvalue weighted by Crippen LogP contribution is 2.23. The molecule has 1 heterocycles. The first-order valence-electron chi connectivity index (χ1n) is 6.73. The van der Waals surface area contributed by atoms with Gasteiger partial charge in [-0.3, -0.25) is 9.59 Å². The van der Waals surface area contributed by atoms with E-state index in [9.17, 15) is 9.59 Å². The van der Waals surface area contributed by atoms with E-state index < -0.39 is 5.97 Å². The van der Waals surface area contributed by atoms with Gasteiger partial charge >= 0.3 is 5.97 Å². The predicted octanol–water partition coefficient (Wildman–Crippen LogP) is 1.49. The maximum absolute atomic E-state index is 12.0. The van der Waals surface area contributed by atoms with Crippen LogP contribution in [0.5, 0.6) is 0 Å². The minimum absolute atomic E-state index is 0.0508. The van der Waals surface area contributed by atoms with Gasteiger partial charge in [0.1, 0.15) is 5.76 Å². The van der Waals surface area contributed by atoms with Gasteiger partial charge in [-0.05, 0) is 19.3 Å². The third-order valence-corrected chi connectivity index (χ3v) is 4.12. The number of aromatic nitrogens is 1. The van der Waals surface area contributed by atoms with Crippen molar-refractivity contribution in [2.45, 2.75) is 32.1 Å². The van der Waals surface area contributed by atoms with Gasteiger partial charge in [0, 0.05) is 24.3 Å². The molecule has 1 aromatic rings. The normalized spacial score (nSPS) is 14.4. The van der Waals surface area contributed by atoms with E-state index >= 15 is 0 Å². The molecule has 6 nitrogen and oxygen atoms in total. The second kappa shape index (κ2) is 7.33. The summed E-state index contributed by atoms with van der Waals surface area (Å²) in [6.07, 6.45) is 4.98. The van der Waals surface area contributed by atoms with E-state index in [0.29, 0.717) is 18.0 Å². The van der Waals surface area contributed by atoms with Crippen LogP contribution in [0.3, 0.4) is 0 Å². The Morgan fingerprint density at radius 3 is 2.90 bits per heavy atom. The zero-order valence-electron chi connectivity index (χ0n) is 11.2. The SMILES string of the molecule is O=C(O)CSCCNC(=O)c1noc2c1CCCCC2. The molecule has 0 unspecified atom stereocenters. The van der Waals surface area contributed by atoms with E-state index in [-0.39, 0.29) is 11.7 Å². The monoisotopic (exact) mass is 298 g/mol. The molecular formula is C13H18N2O4S. The number of nitrogens with one attached hydrogen (secondary N) is 1. The number of fused-ring (bicyclic) bond motifs is 1. The van der Waals surface area contributed by atoms with Gasteiger partial charge in [-0.2, -0.15) is 0 Å². The minimum atomic E-state index is -0.844. The molecule has 2 N–H and O–H groups in total. The van der Waals surface area contributed by atoms with Crippen LogP contribution in [0.25, 0.3) is 0 Å². The van der Waals surface area contributed by atoms with E-state index in [1.165, 1.54) is 11.8 Å². The maximum Gasteiger partial charge on any atom is 0.313 e. The number of hydrogen-bond acceptors (Lipinski definition) is 5. The first kappa shape index (κ1) is 14.9. The van der Waals surface area contributed by atoms with E-state index in [1.54, 1.807) is 0 Å². The van der Waals surface area contributed by atoms with E-state index in [2.05, 4.69) is 10.5 Å². The van der Waals surface area contributed by atoms with Gasteiger partial charge in [-0.25, -0.2) is 0 Å². The van der Waals surface area contributed by atoms with Crippen LogP contribution in [0.4, 0.5) is 0 Å². The summed E-state index contributed by atoms with van der Waals surface area (Å²) in [5.74, 6) is 0.386. The Bertz CT molecular complexity index is 487. The van der Waals surface area contributed by atoms with Crippen LogP contribution in [-0.2, 0) is 17.6 Å². The zero-order valence-corrected chi connectivity index (χ0v) is 12.0. The van der Waals surface area contributed by atoms with E-state index in [0.717, 1.165) is 43.4 Å². The van der Waals surface area contributed by atoms with Gasteiger partial charge in [0.05, 0.1) is 5.75 Å². The lowest BCUT2D eigenvalue weighted by Crippen LogP contribution is -2.27. The summed E-state index contributed by atoms with van der Waals surface area (Å²) in [5, 5.41) is 15.1. The summed E-state index contributed by atoms with van der Waals surface area (Å²) in [7, 11) is 0. The molecule has 0 atom stereocenters. The third-order valence-electron chi connectivity index (χ3n) is 3.17. The Morgan fingerprint density at radius 2 is 2.10 bits per heavy atom. The van der Waals surface area contributed by atoms with Crippen LogP contribution < -0.4 is 5.32 Å². The molecule has 0 aromatic carbocycles. The number of carboxylic acid groups (broad SMARTS) is 1. The predicted molar refractivity (Wildman–Crippen MR) is 75.1 cm³/mol. The molecule has 1 amide bonds. The summed E-state index contributed by atoms with van der Waals surface area (Å²) >= 11 is 1.27. The van der Waals surface area contributed by atoms with Crippen molar-refractivity contribution in [3.8, 4) is 0 Å². The third kappa shape index (κ3) is 4.00. The lowest BCUT2D eigenvalue weighted by atomic mass is 10.1. The largest absolute Gasteiger partial charge is 0.481 e. The van der Waals surface area contributed by atoms with Gasteiger partial charge in [-0.15, -0.1) is 11.8 Å². The van der Waals surface area contributed by atoms with Crippen molar-refractivity contribution in [1.29, 1.82) is 0 Å². The number of rotatable bonds is 6. The van der Waals surface area contributed by atoms with Crippen molar-refractivity contribution >= 4 is 23.6 Å². The molecule has 1 aromatic heterocycles. The van der Waals surface area contributed by atoms with Crippen molar-refractivity contribution in [3.63, 3.8) is 0 Å². The lowest BCUT2D eigenvalue weighted by Gasteiger charge is -2.03. The molecule has 110 valence electrons. The number of carbonyl (C=O) groups excluding carboxylic acids is 1. The Hall–Kier alpha value is -1.50. The number of aryl methyl sites for hydroxylation is 1. The van der Waals surface area contributed by atoms with Crippen LogP contribution in [0.2, 0.25) is 0 Å². The quantitative estimate of drug-likeness (QED) is 0.610. The van der Waals surface area contributed by atoms with Crippen LogP contribution in [0.1, 0.15) is 41.1 Å². The molecule has 1 aliphatic rings. The molecule has 0 saturated carbocycles. The van der Waals surface area contributed by atoms with Crippen LogP contribution in [0.15, 0.2) is 4.52 Å². The fourth-order valence-electron chi connectivity index (χ4n) is 2.22. The smallest absolute Gasteiger partial charge is 0.313 e. The number of carboxylic acids is 1. The molecule has 20 heavy (non-hydrogen) atoms. The molecule has 2 rings (SSSR count). The number of hydrogen-bond donors (Lipinski definition) is 2. The highest BCUT2D eigenvalue weighted by molar-refractivity contribution is 7.99. The van der Waals surface area contributed by atoms with E-state index in [4.69, 9.17) is 9.63 Å². The highest BCUT2D eigenvalue weighted by Gasteiger charge is 2.22. The zero-order chi connectivity index (χ0) is 14.4. The van der Waals surface area contributed by atoms with Crippen LogP contribution >= 0.6 is 11.8 Å². The first-order valence-corrected chi connectivity index (χ1v) is 7.89.